The minimum Gasteiger partial charge on any atom is -0.352 e. The number of anilines is 1. The number of amides is 2. The Hall–Kier alpha value is -3.55. The zero-order valence-electron chi connectivity index (χ0n) is 15.6. The Morgan fingerprint density at radius 1 is 1.14 bits per heavy atom. The quantitative estimate of drug-likeness (QED) is 0.698. The highest BCUT2D eigenvalue weighted by Gasteiger charge is 2.25. The number of hydrogen-bond acceptors (Lipinski definition) is 4. The van der Waals surface area contributed by atoms with Crippen molar-refractivity contribution in [3.05, 3.63) is 77.6 Å². The van der Waals surface area contributed by atoms with Crippen LogP contribution in [0.2, 0.25) is 0 Å². The van der Waals surface area contributed by atoms with Crippen molar-refractivity contribution >= 4 is 17.5 Å². The first-order chi connectivity index (χ1) is 14.1. The maximum absolute atomic E-state index is 13.0. The summed E-state index contributed by atoms with van der Waals surface area (Å²) in [7, 11) is 0. The molecule has 1 aliphatic heterocycles. The molecule has 0 saturated carbocycles. The van der Waals surface area contributed by atoms with Gasteiger partial charge in [0.25, 0.3) is 11.8 Å². The summed E-state index contributed by atoms with van der Waals surface area (Å²) in [4.78, 5) is 28.8. The molecule has 0 aliphatic carbocycles. The molecular weight excluding hydrogens is 373 g/mol. The number of halogens is 1. The zero-order valence-corrected chi connectivity index (χ0v) is 15.6. The van der Waals surface area contributed by atoms with Gasteiger partial charge in [-0.3, -0.25) is 19.3 Å². The lowest BCUT2D eigenvalue weighted by atomic mass is 9.94. The van der Waals surface area contributed by atoms with Crippen molar-refractivity contribution in [3.63, 3.8) is 0 Å². The molecule has 0 bridgehead atoms. The Kier molecular flexibility index (Phi) is 5.33. The van der Waals surface area contributed by atoms with Gasteiger partial charge >= 0.3 is 0 Å². The third-order valence-electron chi connectivity index (χ3n) is 5.00. The van der Waals surface area contributed by atoms with E-state index in [4.69, 9.17) is 0 Å². The number of nitrogens with one attached hydrogen (secondary N) is 2. The topological polar surface area (TPSA) is 88.9 Å². The lowest BCUT2D eigenvalue weighted by Crippen LogP contribution is -2.33. The lowest BCUT2D eigenvalue weighted by molar-refractivity contribution is 0.0942. The van der Waals surface area contributed by atoms with E-state index >= 15 is 0 Å². The molecule has 2 amide bonds. The van der Waals surface area contributed by atoms with E-state index in [1.54, 1.807) is 24.5 Å². The molecular formula is C21H20FN5O2. The molecule has 0 radical (unpaired) electrons. The molecule has 1 atom stereocenters. The molecule has 2 N–H and O–H groups in total. The molecule has 148 valence electrons. The molecule has 3 aromatic rings. The van der Waals surface area contributed by atoms with Crippen molar-refractivity contribution in [1.29, 1.82) is 0 Å². The number of nitrogens with zero attached hydrogens (tertiary/aromatic N) is 3. The molecule has 8 heteroatoms. The zero-order chi connectivity index (χ0) is 20.2. The summed E-state index contributed by atoms with van der Waals surface area (Å²) in [6.45, 7) is 1.20. The largest absolute Gasteiger partial charge is 0.352 e. The molecule has 7 nitrogen and oxygen atoms in total. The fourth-order valence-corrected chi connectivity index (χ4v) is 3.43. The van der Waals surface area contributed by atoms with Gasteiger partial charge in [0, 0.05) is 31.2 Å². The number of rotatable bonds is 5. The van der Waals surface area contributed by atoms with Crippen LogP contribution in [-0.4, -0.2) is 33.1 Å². The van der Waals surface area contributed by atoms with Crippen LogP contribution in [0.5, 0.6) is 0 Å². The molecule has 0 fully saturated rings. The summed E-state index contributed by atoms with van der Waals surface area (Å²) in [6.07, 6.45) is 6.21. The van der Waals surface area contributed by atoms with Gasteiger partial charge in [-0.15, -0.1) is 0 Å². The first-order valence-corrected chi connectivity index (χ1v) is 9.40. The Bertz CT molecular complexity index is 1020. The Balaban J connectivity index is 1.40. The van der Waals surface area contributed by atoms with Gasteiger partial charge in [0.1, 0.15) is 5.82 Å². The fraction of sp³-hybridized carbons (Fsp3) is 0.238. The summed E-state index contributed by atoms with van der Waals surface area (Å²) in [5.74, 6) is -0.594. The smallest absolute Gasteiger partial charge is 0.259 e. The number of hydrogen-bond donors (Lipinski definition) is 2. The van der Waals surface area contributed by atoms with Gasteiger partial charge < -0.3 is 10.6 Å². The second kappa shape index (κ2) is 8.22. The van der Waals surface area contributed by atoms with Gasteiger partial charge in [-0.2, -0.15) is 5.10 Å². The van der Waals surface area contributed by atoms with E-state index in [0.717, 1.165) is 12.1 Å². The highest BCUT2D eigenvalue weighted by atomic mass is 19.1. The highest BCUT2D eigenvalue weighted by Crippen LogP contribution is 2.23. The van der Waals surface area contributed by atoms with Crippen LogP contribution < -0.4 is 10.6 Å². The summed E-state index contributed by atoms with van der Waals surface area (Å²) in [5, 5.41) is 10.0. The van der Waals surface area contributed by atoms with Crippen LogP contribution >= 0.6 is 0 Å². The van der Waals surface area contributed by atoms with Gasteiger partial charge in [0.15, 0.2) is 0 Å². The maximum Gasteiger partial charge on any atom is 0.259 e. The number of benzene rings is 1. The summed E-state index contributed by atoms with van der Waals surface area (Å²) in [5.41, 5.74) is 2.38. The third-order valence-corrected chi connectivity index (χ3v) is 5.00. The van der Waals surface area contributed by atoms with Crippen molar-refractivity contribution < 1.29 is 14.0 Å². The summed E-state index contributed by atoms with van der Waals surface area (Å²) in [6, 6.07) is 9.06. The van der Waals surface area contributed by atoms with Crippen LogP contribution in [0.4, 0.5) is 10.1 Å². The average Bonchev–Trinajstić information content (AvgIpc) is 3.17. The molecule has 29 heavy (non-hydrogen) atoms. The van der Waals surface area contributed by atoms with E-state index in [-0.39, 0.29) is 23.5 Å². The summed E-state index contributed by atoms with van der Waals surface area (Å²) >= 11 is 0. The van der Waals surface area contributed by atoms with Crippen LogP contribution in [0.1, 0.15) is 32.8 Å². The SMILES string of the molecule is O=C(NC[C@H]1CCn2ncc(C(=O)Nc3ccc(F)cc3)c2C1)c1cccnc1. The number of aryl methyl sites for hydroxylation is 1. The van der Waals surface area contributed by atoms with Gasteiger partial charge in [0.05, 0.1) is 23.0 Å². The number of carbonyl (C=O) groups excluding carboxylic acids is 2. The van der Waals surface area contributed by atoms with E-state index in [1.807, 2.05) is 4.68 Å². The maximum atomic E-state index is 13.0. The van der Waals surface area contributed by atoms with Gasteiger partial charge in [0.2, 0.25) is 0 Å². The monoisotopic (exact) mass is 393 g/mol. The van der Waals surface area contributed by atoms with Crippen molar-refractivity contribution in [1.82, 2.24) is 20.1 Å². The number of pyridine rings is 1. The van der Waals surface area contributed by atoms with E-state index < -0.39 is 0 Å². The van der Waals surface area contributed by atoms with E-state index in [0.29, 0.717) is 36.3 Å². The first kappa shape index (κ1) is 18.8. The minimum absolute atomic E-state index is 0.161. The normalized spacial score (nSPS) is 15.4. The second-order valence-corrected chi connectivity index (χ2v) is 7.00. The highest BCUT2D eigenvalue weighted by molar-refractivity contribution is 6.05. The number of fused-ring (bicyclic) bond motifs is 1. The van der Waals surface area contributed by atoms with Crippen molar-refractivity contribution in [3.8, 4) is 0 Å². The predicted molar refractivity (Wildman–Crippen MR) is 105 cm³/mol. The molecule has 3 heterocycles. The van der Waals surface area contributed by atoms with Gasteiger partial charge in [-0.1, -0.05) is 0 Å². The van der Waals surface area contributed by atoms with Crippen molar-refractivity contribution in [2.24, 2.45) is 5.92 Å². The Morgan fingerprint density at radius 2 is 1.97 bits per heavy atom. The lowest BCUT2D eigenvalue weighted by Gasteiger charge is -2.24. The van der Waals surface area contributed by atoms with Crippen LogP contribution in [0, 0.1) is 11.7 Å². The third kappa shape index (κ3) is 4.31. The minimum atomic E-state index is -0.359. The molecule has 0 saturated heterocycles. The predicted octanol–water partition coefficient (Wildman–Crippen LogP) is 2.66. The molecule has 2 aromatic heterocycles. The first-order valence-electron chi connectivity index (χ1n) is 9.40. The Labute approximate surface area is 167 Å². The van der Waals surface area contributed by atoms with Crippen LogP contribution in [0.25, 0.3) is 0 Å². The van der Waals surface area contributed by atoms with Gasteiger partial charge in [-0.05, 0) is 55.2 Å². The molecule has 1 aliphatic rings. The average molecular weight is 393 g/mol. The second-order valence-electron chi connectivity index (χ2n) is 7.00. The van der Waals surface area contributed by atoms with Crippen LogP contribution in [0.3, 0.4) is 0 Å². The molecule has 0 unspecified atom stereocenters. The van der Waals surface area contributed by atoms with Gasteiger partial charge in [-0.25, -0.2) is 4.39 Å². The molecule has 0 spiro atoms. The molecule has 4 rings (SSSR count). The number of carbonyl (C=O) groups is 2. The fourth-order valence-electron chi connectivity index (χ4n) is 3.43. The van der Waals surface area contributed by atoms with Crippen LogP contribution in [0.15, 0.2) is 55.0 Å². The molecule has 1 aromatic carbocycles. The van der Waals surface area contributed by atoms with E-state index in [9.17, 15) is 14.0 Å². The summed E-state index contributed by atoms with van der Waals surface area (Å²) < 4.78 is 14.9. The number of aromatic nitrogens is 3. The van der Waals surface area contributed by atoms with E-state index in [1.165, 1.54) is 30.5 Å². The van der Waals surface area contributed by atoms with Crippen LogP contribution in [-0.2, 0) is 13.0 Å². The van der Waals surface area contributed by atoms with Crippen molar-refractivity contribution in [2.45, 2.75) is 19.4 Å². The van der Waals surface area contributed by atoms with E-state index in [2.05, 4.69) is 20.7 Å². The van der Waals surface area contributed by atoms with Crippen molar-refractivity contribution in [2.75, 3.05) is 11.9 Å². The standard InChI is InChI=1S/C21H20FN5O2/c22-16-3-5-17(6-4-16)26-21(29)18-13-25-27-9-7-14(10-19(18)27)11-24-20(28)15-2-1-8-23-12-15/h1-6,8,12-14H,7,9-11H2,(H,24,28)(H,26,29)/t14-/m0/s1. The Morgan fingerprint density at radius 3 is 2.72 bits per heavy atom.